The van der Waals surface area contributed by atoms with Gasteiger partial charge in [0, 0.05) is 16.1 Å². The topological polar surface area (TPSA) is 32.3 Å². The third kappa shape index (κ3) is 2.36. The summed E-state index contributed by atoms with van der Waals surface area (Å²) < 4.78 is 1.10. The Labute approximate surface area is 112 Å². The number of aromatic hydroxyl groups is 1. The Kier molecular flexibility index (Phi) is 3.79. The number of hydrogen-bond donors (Lipinski definition) is 2. The Morgan fingerprint density at radius 2 is 2.18 bits per heavy atom. The highest BCUT2D eigenvalue weighted by Gasteiger charge is 2.25. The zero-order valence-electron chi connectivity index (χ0n) is 10.7. The molecule has 1 heterocycles. The van der Waals surface area contributed by atoms with E-state index in [4.69, 9.17) is 0 Å². The second-order valence-electron chi connectivity index (χ2n) is 5.14. The van der Waals surface area contributed by atoms with Crippen molar-refractivity contribution in [3.05, 3.63) is 27.2 Å². The lowest BCUT2D eigenvalue weighted by Crippen LogP contribution is -2.15. The molecule has 1 saturated heterocycles. The van der Waals surface area contributed by atoms with Gasteiger partial charge in [0.2, 0.25) is 0 Å². The standard InChI is InChI=1S/C14H20BrNO/c1-8(2)10-7-11(15)9(3)13(14(10)17)12-5-4-6-16-12/h7-8,12,16-17H,4-6H2,1-3H3. The van der Waals surface area contributed by atoms with E-state index in [1.54, 1.807) is 0 Å². The molecule has 0 saturated carbocycles. The third-order valence-electron chi connectivity index (χ3n) is 3.60. The molecule has 1 aromatic carbocycles. The van der Waals surface area contributed by atoms with E-state index < -0.39 is 0 Å². The van der Waals surface area contributed by atoms with Crippen molar-refractivity contribution >= 4 is 15.9 Å². The van der Waals surface area contributed by atoms with E-state index in [1.807, 2.05) is 6.07 Å². The first kappa shape index (κ1) is 12.9. The van der Waals surface area contributed by atoms with E-state index in [0.29, 0.717) is 17.7 Å². The predicted octanol–water partition coefficient (Wildman–Crippen LogP) is 4.01. The molecular formula is C14H20BrNO. The molecule has 0 radical (unpaired) electrons. The van der Waals surface area contributed by atoms with Crippen LogP contribution in [0, 0.1) is 6.92 Å². The number of halogens is 1. The summed E-state index contributed by atoms with van der Waals surface area (Å²) in [5.74, 6) is 0.826. The van der Waals surface area contributed by atoms with Crippen LogP contribution in [0.1, 0.15) is 55.3 Å². The maximum Gasteiger partial charge on any atom is 0.124 e. The van der Waals surface area contributed by atoms with Gasteiger partial charge in [-0.05, 0) is 49.4 Å². The Morgan fingerprint density at radius 3 is 2.71 bits per heavy atom. The number of nitrogens with one attached hydrogen (secondary N) is 1. The maximum atomic E-state index is 10.5. The van der Waals surface area contributed by atoms with Gasteiger partial charge in [0.1, 0.15) is 5.75 Å². The predicted molar refractivity (Wildman–Crippen MR) is 74.6 cm³/mol. The largest absolute Gasteiger partial charge is 0.507 e. The van der Waals surface area contributed by atoms with Crippen LogP contribution < -0.4 is 5.32 Å². The zero-order valence-corrected chi connectivity index (χ0v) is 12.3. The van der Waals surface area contributed by atoms with Gasteiger partial charge in [-0.1, -0.05) is 29.8 Å². The van der Waals surface area contributed by atoms with Crippen LogP contribution in [0.3, 0.4) is 0 Å². The van der Waals surface area contributed by atoms with E-state index in [-0.39, 0.29) is 0 Å². The maximum absolute atomic E-state index is 10.5. The van der Waals surface area contributed by atoms with Gasteiger partial charge in [-0.15, -0.1) is 0 Å². The molecule has 0 spiro atoms. The number of phenolic OH excluding ortho intramolecular Hbond substituents is 1. The molecule has 3 heteroatoms. The van der Waals surface area contributed by atoms with Crippen LogP contribution in [-0.4, -0.2) is 11.7 Å². The monoisotopic (exact) mass is 297 g/mol. The minimum absolute atomic E-state index is 0.310. The first-order valence-corrected chi connectivity index (χ1v) is 7.07. The van der Waals surface area contributed by atoms with E-state index in [2.05, 4.69) is 42.0 Å². The van der Waals surface area contributed by atoms with Crippen molar-refractivity contribution in [2.24, 2.45) is 0 Å². The smallest absolute Gasteiger partial charge is 0.124 e. The highest BCUT2D eigenvalue weighted by Crippen LogP contribution is 2.41. The van der Waals surface area contributed by atoms with Crippen LogP contribution in [0.25, 0.3) is 0 Å². The quantitative estimate of drug-likeness (QED) is 0.864. The van der Waals surface area contributed by atoms with Crippen LogP contribution >= 0.6 is 15.9 Å². The lowest BCUT2D eigenvalue weighted by molar-refractivity contribution is 0.446. The van der Waals surface area contributed by atoms with Crippen molar-refractivity contribution in [2.75, 3.05) is 6.54 Å². The summed E-state index contributed by atoms with van der Waals surface area (Å²) >= 11 is 3.61. The zero-order chi connectivity index (χ0) is 12.6. The summed E-state index contributed by atoms with van der Waals surface area (Å²) in [6.45, 7) is 7.35. The lowest BCUT2D eigenvalue weighted by atomic mass is 9.92. The Morgan fingerprint density at radius 1 is 1.47 bits per heavy atom. The van der Waals surface area contributed by atoms with Gasteiger partial charge < -0.3 is 10.4 Å². The summed E-state index contributed by atoms with van der Waals surface area (Å²) in [6.07, 6.45) is 2.30. The first-order valence-electron chi connectivity index (χ1n) is 6.27. The van der Waals surface area contributed by atoms with E-state index in [0.717, 1.165) is 34.1 Å². The fourth-order valence-electron chi connectivity index (χ4n) is 2.57. The Hall–Kier alpha value is -0.540. The summed E-state index contributed by atoms with van der Waals surface area (Å²) in [5, 5.41) is 13.9. The molecule has 0 aliphatic carbocycles. The van der Waals surface area contributed by atoms with Crippen LogP contribution in [0.5, 0.6) is 5.75 Å². The SMILES string of the molecule is Cc1c(Br)cc(C(C)C)c(O)c1C1CCCN1. The van der Waals surface area contributed by atoms with Crippen molar-refractivity contribution < 1.29 is 5.11 Å². The molecule has 2 nitrogen and oxygen atoms in total. The van der Waals surface area contributed by atoms with Crippen molar-refractivity contribution in [1.29, 1.82) is 0 Å². The number of phenols is 1. The van der Waals surface area contributed by atoms with Gasteiger partial charge in [-0.2, -0.15) is 0 Å². The molecule has 94 valence electrons. The molecule has 1 aliphatic rings. The fourth-order valence-corrected chi connectivity index (χ4v) is 3.03. The number of hydrogen-bond acceptors (Lipinski definition) is 2. The van der Waals surface area contributed by atoms with Gasteiger partial charge >= 0.3 is 0 Å². The van der Waals surface area contributed by atoms with Crippen molar-refractivity contribution in [1.82, 2.24) is 5.32 Å². The second-order valence-corrected chi connectivity index (χ2v) is 5.99. The first-order chi connectivity index (χ1) is 8.02. The molecule has 0 bridgehead atoms. The van der Waals surface area contributed by atoms with Crippen LogP contribution in [0.2, 0.25) is 0 Å². The van der Waals surface area contributed by atoms with E-state index in [1.165, 1.54) is 6.42 Å². The van der Waals surface area contributed by atoms with E-state index >= 15 is 0 Å². The fraction of sp³-hybridized carbons (Fsp3) is 0.571. The van der Waals surface area contributed by atoms with Gasteiger partial charge in [-0.3, -0.25) is 0 Å². The normalized spacial score (nSPS) is 20.2. The minimum Gasteiger partial charge on any atom is -0.507 e. The molecule has 1 aromatic rings. The number of benzene rings is 1. The third-order valence-corrected chi connectivity index (χ3v) is 4.43. The molecule has 1 aliphatic heterocycles. The molecule has 0 amide bonds. The van der Waals surface area contributed by atoms with Crippen molar-refractivity contribution in [2.45, 2.75) is 45.6 Å². The average molecular weight is 298 g/mol. The van der Waals surface area contributed by atoms with Gasteiger partial charge in [0.15, 0.2) is 0 Å². The number of rotatable bonds is 2. The summed E-state index contributed by atoms with van der Waals surface area (Å²) in [5.41, 5.74) is 3.28. The van der Waals surface area contributed by atoms with Crippen LogP contribution in [0.15, 0.2) is 10.5 Å². The van der Waals surface area contributed by atoms with E-state index in [9.17, 15) is 5.11 Å². The molecule has 0 aromatic heterocycles. The molecule has 1 fully saturated rings. The lowest BCUT2D eigenvalue weighted by Gasteiger charge is -2.21. The minimum atomic E-state index is 0.310. The molecule has 1 unspecified atom stereocenters. The van der Waals surface area contributed by atoms with Crippen LogP contribution in [-0.2, 0) is 0 Å². The van der Waals surface area contributed by atoms with Crippen LogP contribution in [0.4, 0.5) is 0 Å². The highest BCUT2D eigenvalue weighted by atomic mass is 79.9. The second kappa shape index (κ2) is 4.99. The Bertz CT molecular complexity index is 423. The van der Waals surface area contributed by atoms with Gasteiger partial charge in [0.05, 0.1) is 0 Å². The van der Waals surface area contributed by atoms with Gasteiger partial charge in [0.25, 0.3) is 0 Å². The highest BCUT2D eigenvalue weighted by molar-refractivity contribution is 9.10. The van der Waals surface area contributed by atoms with Crippen molar-refractivity contribution in [3.8, 4) is 5.75 Å². The summed E-state index contributed by atoms with van der Waals surface area (Å²) in [6, 6.07) is 2.36. The molecule has 1 atom stereocenters. The summed E-state index contributed by atoms with van der Waals surface area (Å²) in [4.78, 5) is 0. The molecule has 2 N–H and O–H groups in total. The molecule has 2 rings (SSSR count). The molecular weight excluding hydrogens is 278 g/mol. The van der Waals surface area contributed by atoms with Crippen molar-refractivity contribution in [3.63, 3.8) is 0 Å². The molecule has 17 heavy (non-hydrogen) atoms. The summed E-state index contributed by atoms with van der Waals surface area (Å²) in [7, 11) is 0. The Balaban J connectivity index is 2.55. The average Bonchev–Trinajstić information content (AvgIpc) is 2.76. The van der Waals surface area contributed by atoms with Gasteiger partial charge in [-0.25, -0.2) is 0 Å².